The van der Waals surface area contributed by atoms with Crippen molar-refractivity contribution < 1.29 is 14.3 Å². The van der Waals surface area contributed by atoms with Gasteiger partial charge in [-0.1, -0.05) is 30.0 Å². The van der Waals surface area contributed by atoms with Crippen LogP contribution < -0.4 is 0 Å². The first-order valence-corrected chi connectivity index (χ1v) is 7.54. The minimum atomic E-state index is -0.319. The number of nitrogens with zero attached hydrogens (tertiary/aromatic N) is 1. The summed E-state index contributed by atoms with van der Waals surface area (Å²) >= 11 is 1.56. The van der Waals surface area contributed by atoms with Crippen molar-refractivity contribution in [2.45, 2.75) is 32.4 Å². The molecule has 20 heavy (non-hydrogen) atoms. The Morgan fingerprint density at radius 1 is 1.40 bits per heavy atom. The van der Waals surface area contributed by atoms with E-state index >= 15 is 0 Å². The van der Waals surface area contributed by atoms with Gasteiger partial charge in [0.15, 0.2) is 0 Å². The third-order valence-electron chi connectivity index (χ3n) is 2.50. The molecule has 1 atom stereocenters. The van der Waals surface area contributed by atoms with E-state index < -0.39 is 0 Å². The zero-order valence-corrected chi connectivity index (χ0v) is 12.8. The smallest absolute Gasteiger partial charge is 0.338 e. The van der Waals surface area contributed by atoms with E-state index in [2.05, 4.69) is 4.99 Å². The minimum Gasteiger partial charge on any atom is -0.465 e. The van der Waals surface area contributed by atoms with E-state index in [-0.39, 0.29) is 24.2 Å². The molecule has 0 unspecified atom stereocenters. The molecule has 0 aliphatic carbocycles. The molecule has 1 aromatic rings. The van der Waals surface area contributed by atoms with Crippen LogP contribution in [0.5, 0.6) is 0 Å². The van der Waals surface area contributed by atoms with Gasteiger partial charge in [0.25, 0.3) is 0 Å². The van der Waals surface area contributed by atoms with E-state index in [4.69, 9.17) is 9.47 Å². The lowest BCUT2D eigenvalue weighted by atomic mass is 10.1. The largest absolute Gasteiger partial charge is 0.465 e. The molecule has 0 N–H and O–H groups in total. The van der Waals surface area contributed by atoms with Crippen molar-refractivity contribution in [2.24, 2.45) is 4.99 Å². The Labute approximate surface area is 123 Å². The molecule has 1 fully saturated rings. The number of rotatable bonds is 3. The first kappa shape index (κ1) is 14.9. The average molecular weight is 293 g/mol. The van der Waals surface area contributed by atoms with Crippen LogP contribution in [0.15, 0.2) is 35.3 Å². The Bertz CT molecular complexity index is 494. The molecule has 0 spiro atoms. The molecule has 108 valence electrons. The van der Waals surface area contributed by atoms with Crippen LogP contribution in [0.2, 0.25) is 0 Å². The Balaban J connectivity index is 1.82. The van der Waals surface area contributed by atoms with Gasteiger partial charge in [0.1, 0.15) is 12.7 Å². The summed E-state index contributed by atoms with van der Waals surface area (Å²) in [6.45, 7) is 6.32. The number of carbonyl (C=O) groups excluding carboxylic acids is 1. The van der Waals surface area contributed by atoms with Gasteiger partial charge in [0.2, 0.25) is 5.23 Å². The molecule has 0 bridgehead atoms. The van der Waals surface area contributed by atoms with Crippen LogP contribution in [0.4, 0.5) is 0 Å². The van der Waals surface area contributed by atoms with Crippen LogP contribution in [-0.2, 0) is 9.47 Å². The SMILES string of the molecule is CC(C)(C)N=C1O[C@H](COC(=O)c2ccccc2)CS1. The topological polar surface area (TPSA) is 47.9 Å². The van der Waals surface area contributed by atoms with Gasteiger partial charge in [0, 0.05) is 5.75 Å². The Kier molecular flexibility index (Phi) is 4.70. The van der Waals surface area contributed by atoms with E-state index in [1.54, 1.807) is 23.9 Å². The van der Waals surface area contributed by atoms with Crippen molar-refractivity contribution in [3.8, 4) is 0 Å². The van der Waals surface area contributed by atoms with E-state index in [1.165, 1.54) is 0 Å². The zero-order valence-electron chi connectivity index (χ0n) is 12.0. The lowest BCUT2D eigenvalue weighted by Gasteiger charge is -2.14. The number of carbonyl (C=O) groups is 1. The highest BCUT2D eigenvalue weighted by atomic mass is 32.2. The molecule has 2 rings (SSSR count). The highest BCUT2D eigenvalue weighted by Crippen LogP contribution is 2.23. The summed E-state index contributed by atoms with van der Waals surface area (Å²) in [7, 11) is 0. The lowest BCUT2D eigenvalue weighted by molar-refractivity contribution is 0.0346. The molecule has 0 aromatic heterocycles. The minimum absolute atomic E-state index is 0.117. The summed E-state index contributed by atoms with van der Waals surface area (Å²) in [5.74, 6) is 0.442. The molecule has 5 heteroatoms. The predicted molar refractivity (Wildman–Crippen MR) is 81.2 cm³/mol. The molecular weight excluding hydrogens is 274 g/mol. The second-order valence-corrected chi connectivity index (χ2v) is 6.54. The molecule has 1 aromatic carbocycles. The number of esters is 1. The fourth-order valence-corrected chi connectivity index (χ4v) is 2.65. The third-order valence-corrected chi connectivity index (χ3v) is 3.47. The molecular formula is C15H19NO3S. The van der Waals surface area contributed by atoms with Gasteiger partial charge in [0.05, 0.1) is 11.1 Å². The van der Waals surface area contributed by atoms with Crippen molar-refractivity contribution in [3.05, 3.63) is 35.9 Å². The molecule has 1 heterocycles. The Hall–Kier alpha value is -1.49. The van der Waals surface area contributed by atoms with Crippen molar-refractivity contribution >= 4 is 23.0 Å². The fraction of sp³-hybridized carbons (Fsp3) is 0.467. The first-order chi connectivity index (χ1) is 9.44. The lowest BCUT2D eigenvalue weighted by Crippen LogP contribution is -2.21. The molecule has 1 aliphatic rings. The predicted octanol–water partition coefficient (Wildman–Crippen LogP) is 3.13. The maximum atomic E-state index is 11.8. The van der Waals surface area contributed by atoms with Gasteiger partial charge in [-0.15, -0.1) is 0 Å². The van der Waals surface area contributed by atoms with Gasteiger partial charge in [-0.3, -0.25) is 0 Å². The van der Waals surface area contributed by atoms with Crippen LogP contribution in [-0.4, -0.2) is 35.2 Å². The van der Waals surface area contributed by atoms with Crippen LogP contribution in [0.25, 0.3) is 0 Å². The van der Waals surface area contributed by atoms with Crippen molar-refractivity contribution in [3.63, 3.8) is 0 Å². The normalized spacial score (nSPS) is 20.8. The third kappa shape index (κ3) is 4.56. The number of aliphatic imine (C=N–C) groups is 1. The van der Waals surface area contributed by atoms with Crippen molar-refractivity contribution in [1.29, 1.82) is 0 Å². The standard InChI is InChI=1S/C15H19NO3S/c1-15(2,3)16-14-19-12(10-20-14)9-18-13(17)11-7-5-4-6-8-11/h4-8,12H,9-10H2,1-3H3/t12-/m1/s1. The second kappa shape index (κ2) is 6.31. The highest BCUT2D eigenvalue weighted by molar-refractivity contribution is 8.13. The molecule has 1 aliphatic heterocycles. The maximum Gasteiger partial charge on any atom is 0.338 e. The van der Waals surface area contributed by atoms with Gasteiger partial charge >= 0.3 is 5.97 Å². The maximum absolute atomic E-state index is 11.8. The van der Waals surface area contributed by atoms with Crippen molar-refractivity contribution in [2.75, 3.05) is 12.4 Å². The summed E-state index contributed by atoms with van der Waals surface area (Å²) in [6, 6.07) is 8.96. The van der Waals surface area contributed by atoms with Gasteiger partial charge in [-0.25, -0.2) is 9.79 Å². The monoisotopic (exact) mass is 293 g/mol. The van der Waals surface area contributed by atoms with Crippen LogP contribution in [0.1, 0.15) is 31.1 Å². The van der Waals surface area contributed by atoms with Gasteiger partial charge in [-0.2, -0.15) is 0 Å². The quantitative estimate of drug-likeness (QED) is 0.803. The fourth-order valence-electron chi connectivity index (χ4n) is 1.62. The highest BCUT2D eigenvalue weighted by Gasteiger charge is 2.26. The summed E-state index contributed by atoms with van der Waals surface area (Å²) in [6.07, 6.45) is -0.117. The number of hydrogen-bond acceptors (Lipinski definition) is 5. The van der Waals surface area contributed by atoms with E-state index in [0.717, 1.165) is 5.75 Å². The number of thioether (sulfide) groups is 1. The second-order valence-electron chi connectivity index (χ2n) is 5.56. The van der Waals surface area contributed by atoms with Crippen molar-refractivity contribution in [1.82, 2.24) is 0 Å². The van der Waals surface area contributed by atoms with Gasteiger partial charge in [-0.05, 0) is 32.9 Å². The van der Waals surface area contributed by atoms with Crippen LogP contribution in [0, 0.1) is 0 Å². The molecule has 4 nitrogen and oxygen atoms in total. The molecule has 0 radical (unpaired) electrons. The summed E-state index contributed by atoms with van der Waals surface area (Å²) in [4.78, 5) is 16.3. The molecule has 0 saturated carbocycles. The summed E-state index contributed by atoms with van der Waals surface area (Å²) < 4.78 is 10.9. The molecule has 1 saturated heterocycles. The van der Waals surface area contributed by atoms with E-state index in [9.17, 15) is 4.79 Å². The number of hydrogen-bond donors (Lipinski definition) is 0. The Morgan fingerprint density at radius 2 is 2.10 bits per heavy atom. The van der Waals surface area contributed by atoms with E-state index in [0.29, 0.717) is 10.8 Å². The average Bonchev–Trinajstić information content (AvgIpc) is 2.82. The Morgan fingerprint density at radius 3 is 2.75 bits per heavy atom. The summed E-state index contributed by atoms with van der Waals surface area (Å²) in [5, 5.41) is 0.679. The summed E-state index contributed by atoms with van der Waals surface area (Å²) in [5.41, 5.74) is 0.402. The number of ether oxygens (including phenoxy) is 2. The molecule has 0 amide bonds. The zero-order chi connectivity index (χ0) is 14.6. The first-order valence-electron chi connectivity index (χ1n) is 6.55. The number of benzene rings is 1. The van der Waals surface area contributed by atoms with E-state index in [1.807, 2.05) is 39.0 Å². The van der Waals surface area contributed by atoms with Crippen LogP contribution in [0.3, 0.4) is 0 Å². The van der Waals surface area contributed by atoms with Gasteiger partial charge < -0.3 is 9.47 Å². The van der Waals surface area contributed by atoms with Crippen LogP contribution >= 0.6 is 11.8 Å².